The lowest BCUT2D eigenvalue weighted by atomic mass is 10.1. The second-order valence-electron chi connectivity index (χ2n) is 3.87. The molecule has 0 atom stereocenters. The molecular formula is C10H5ClF7NO3. The van der Waals surface area contributed by atoms with Gasteiger partial charge in [-0.25, -0.2) is 4.79 Å². The molecular weight excluding hydrogens is 351 g/mol. The van der Waals surface area contributed by atoms with Gasteiger partial charge in [-0.1, -0.05) is 11.6 Å². The molecule has 1 aromatic heterocycles. The third-order valence-corrected chi connectivity index (χ3v) is 2.76. The number of aromatic nitrogens is 1. The molecule has 0 saturated carbocycles. The van der Waals surface area contributed by atoms with E-state index in [1.165, 1.54) is 0 Å². The molecule has 0 fully saturated rings. The molecule has 0 aliphatic rings. The largest absolute Gasteiger partial charge is 0.465 e. The van der Waals surface area contributed by atoms with Crippen molar-refractivity contribution in [3.8, 4) is 0 Å². The number of hydrogen-bond acceptors (Lipinski definition) is 3. The van der Waals surface area contributed by atoms with Gasteiger partial charge in [0.05, 0.1) is 12.1 Å². The second-order valence-corrected chi connectivity index (χ2v) is 4.28. The SMILES string of the molecule is COC(=O)c1cc(Cl)c(C(F)(F)C(F)(F)C(F)(F)F)[nH]c1=O. The quantitative estimate of drug-likeness (QED) is 0.669. The Morgan fingerprint density at radius 1 is 1.18 bits per heavy atom. The normalized spacial score (nSPS) is 13.1. The van der Waals surface area contributed by atoms with E-state index in [9.17, 15) is 40.3 Å². The van der Waals surface area contributed by atoms with Gasteiger partial charge in [0.25, 0.3) is 5.56 Å². The Hall–Kier alpha value is -1.78. The molecule has 1 rings (SSSR count). The minimum atomic E-state index is -6.60. The first-order valence-electron chi connectivity index (χ1n) is 5.11. The Bertz CT molecular complexity index is 653. The number of aromatic amines is 1. The number of alkyl halides is 7. The van der Waals surface area contributed by atoms with Crippen molar-refractivity contribution in [1.82, 2.24) is 4.98 Å². The van der Waals surface area contributed by atoms with Gasteiger partial charge in [0, 0.05) is 0 Å². The molecule has 0 unspecified atom stereocenters. The number of carbonyl (C=O) groups is 1. The fourth-order valence-corrected chi connectivity index (χ4v) is 1.61. The monoisotopic (exact) mass is 355 g/mol. The minimum absolute atomic E-state index is 0.210. The van der Waals surface area contributed by atoms with Gasteiger partial charge in [-0.15, -0.1) is 0 Å². The first-order valence-corrected chi connectivity index (χ1v) is 5.49. The van der Waals surface area contributed by atoms with Crippen molar-refractivity contribution in [3.05, 3.63) is 32.7 Å². The van der Waals surface area contributed by atoms with Crippen LogP contribution in [0.5, 0.6) is 0 Å². The molecule has 0 aliphatic carbocycles. The van der Waals surface area contributed by atoms with Crippen LogP contribution in [0.3, 0.4) is 0 Å². The highest BCUT2D eigenvalue weighted by atomic mass is 35.5. The molecule has 1 aromatic rings. The Morgan fingerprint density at radius 3 is 2.09 bits per heavy atom. The minimum Gasteiger partial charge on any atom is -0.465 e. The van der Waals surface area contributed by atoms with Crippen LogP contribution >= 0.6 is 11.6 Å². The molecule has 1 heterocycles. The molecule has 4 nitrogen and oxygen atoms in total. The number of rotatable bonds is 3. The van der Waals surface area contributed by atoms with E-state index in [-0.39, 0.29) is 6.07 Å². The van der Waals surface area contributed by atoms with E-state index < -0.39 is 45.8 Å². The van der Waals surface area contributed by atoms with Gasteiger partial charge in [-0.2, -0.15) is 30.7 Å². The second kappa shape index (κ2) is 5.45. The van der Waals surface area contributed by atoms with Crippen LogP contribution in [0.2, 0.25) is 5.02 Å². The average Bonchev–Trinajstić information content (AvgIpc) is 2.38. The van der Waals surface area contributed by atoms with E-state index in [0.29, 0.717) is 0 Å². The molecule has 0 amide bonds. The maximum atomic E-state index is 13.4. The summed E-state index contributed by atoms with van der Waals surface area (Å²) in [6.07, 6.45) is -6.60. The average molecular weight is 356 g/mol. The number of H-pyrrole nitrogens is 1. The number of ether oxygens (including phenoxy) is 1. The molecule has 124 valence electrons. The summed E-state index contributed by atoms with van der Waals surface area (Å²) in [6, 6.07) is 0.210. The number of nitrogens with one attached hydrogen (secondary N) is 1. The molecule has 12 heteroatoms. The van der Waals surface area contributed by atoms with Gasteiger partial charge in [0.1, 0.15) is 11.3 Å². The van der Waals surface area contributed by atoms with Gasteiger partial charge in [-0.3, -0.25) is 4.79 Å². The van der Waals surface area contributed by atoms with E-state index in [2.05, 4.69) is 4.74 Å². The van der Waals surface area contributed by atoms with E-state index in [1.807, 2.05) is 0 Å². The highest BCUT2D eigenvalue weighted by Gasteiger charge is 2.74. The van der Waals surface area contributed by atoms with Crippen LogP contribution in [0.1, 0.15) is 16.1 Å². The number of hydrogen-bond donors (Lipinski definition) is 1. The van der Waals surface area contributed by atoms with Crippen LogP contribution in [0.4, 0.5) is 30.7 Å². The third-order valence-electron chi connectivity index (χ3n) is 2.46. The van der Waals surface area contributed by atoms with Crippen LogP contribution in [0.15, 0.2) is 10.9 Å². The molecule has 0 spiro atoms. The van der Waals surface area contributed by atoms with Crippen molar-refractivity contribution in [3.63, 3.8) is 0 Å². The van der Waals surface area contributed by atoms with Crippen LogP contribution in [-0.2, 0) is 10.7 Å². The topological polar surface area (TPSA) is 59.2 Å². The lowest BCUT2D eigenvalue weighted by molar-refractivity contribution is -0.360. The summed E-state index contributed by atoms with van der Waals surface area (Å²) in [5, 5.41) is -1.37. The summed E-state index contributed by atoms with van der Waals surface area (Å²) in [6.45, 7) is 0. The third kappa shape index (κ3) is 2.76. The first-order chi connectivity index (χ1) is 9.77. The number of halogens is 8. The molecule has 0 radical (unpaired) electrons. The zero-order valence-corrected chi connectivity index (χ0v) is 11.1. The van der Waals surface area contributed by atoms with Crippen LogP contribution in [0, 0.1) is 0 Å². The summed E-state index contributed by atoms with van der Waals surface area (Å²) >= 11 is 5.18. The standard InChI is InChI=1S/C10H5ClF7NO3/c1-22-7(21)3-2-4(11)5(19-6(3)20)8(12,13)9(14,15)10(16,17)18/h2H,1H3,(H,19,20). The van der Waals surface area contributed by atoms with Crippen LogP contribution in [0.25, 0.3) is 0 Å². The Labute approximate surface area is 121 Å². The Kier molecular flexibility index (Phi) is 4.52. The molecule has 22 heavy (non-hydrogen) atoms. The van der Waals surface area contributed by atoms with Gasteiger partial charge in [0.15, 0.2) is 0 Å². The smallest absolute Gasteiger partial charge is 0.460 e. The molecule has 0 bridgehead atoms. The summed E-state index contributed by atoms with van der Waals surface area (Å²) in [4.78, 5) is 23.5. The van der Waals surface area contributed by atoms with Crippen LogP contribution in [-0.4, -0.2) is 30.2 Å². The van der Waals surface area contributed by atoms with E-state index in [1.54, 1.807) is 0 Å². The maximum Gasteiger partial charge on any atom is 0.460 e. The highest BCUT2D eigenvalue weighted by molar-refractivity contribution is 6.31. The number of esters is 1. The number of pyridine rings is 1. The van der Waals surface area contributed by atoms with Gasteiger partial charge in [-0.05, 0) is 6.07 Å². The summed E-state index contributed by atoms with van der Waals surface area (Å²) < 4.78 is 93.0. The van der Waals surface area contributed by atoms with Gasteiger partial charge < -0.3 is 9.72 Å². The summed E-state index contributed by atoms with van der Waals surface area (Å²) in [5.41, 5.74) is -4.78. The predicted molar refractivity (Wildman–Crippen MR) is 58.3 cm³/mol. The zero-order chi connectivity index (χ0) is 17.5. The zero-order valence-electron chi connectivity index (χ0n) is 10.3. The van der Waals surface area contributed by atoms with Crippen molar-refractivity contribution < 1.29 is 40.3 Å². The van der Waals surface area contributed by atoms with E-state index in [0.717, 1.165) is 12.1 Å². The Balaban J connectivity index is 3.55. The number of carbonyl (C=O) groups excluding carboxylic acids is 1. The molecule has 0 aromatic carbocycles. The highest BCUT2D eigenvalue weighted by Crippen LogP contribution is 2.52. The summed E-state index contributed by atoms with van der Waals surface area (Å²) in [7, 11) is 0.815. The number of methoxy groups -OCH3 is 1. The van der Waals surface area contributed by atoms with Crippen molar-refractivity contribution >= 4 is 17.6 Å². The summed E-state index contributed by atoms with van der Waals surface area (Å²) in [5.74, 6) is -13.7. The van der Waals surface area contributed by atoms with Crippen molar-refractivity contribution in [2.45, 2.75) is 18.0 Å². The predicted octanol–water partition coefficient (Wildman–Crippen LogP) is 3.10. The van der Waals surface area contributed by atoms with Crippen molar-refractivity contribution in [2.24, 2.45) is 0 Å². The lowest BCUT2D eigenvalue weighted by Gasteiger charge is -2.28. The molecule has 0 saturated heterocycles. The lowest BCUT2D eigenvalue weighted by Crippen LogP contribution is -2.51. The van der Waals surface area contributed by atoms with E-state index in [4.69, 9.17) is 11.6 Å². The van der Waals surface area contributed by atoms with Crippen molar-refractivity contribution in [1.29, 1.82) is 0 Å². The maximum absolute atomic E-state index is 13.4. The van der Waals surface area contributed by atoms with Gasteiger partial charge in [0.2, 0.25) is 0 Å². The first kappa shape index (κ1) is 18.3. The van der Waals surface area contributed by atoms with Gasteiger partial charge >= 0.3 is 24.0 Å². The fourth-order valence-electron chi connectivity index (χ4n) is 1.33. The molecule has 0 aliphatic heterocycles. The fraction of sp³-hybridized carbons (Fsp3) is 0.400. The van der Waals surface area contributed by atoms with Crippen LogP contribution < -0.4 is 5.56 Å². The van der Waals surface area contributed by atoms with E-state index >= 15 is 0 Å². The molecule has 1 N–H and O–H groups in total. The Morgan fingerprint density at radius 2 is 1.68 bits per heavy atom. The van der Waals surface area contributed by atoms with Crippen molar-refractivity contribution in [2.75, 3.05) is 7.11 Å².